The molecule has 0 fully saturated rings. The molecule has 11 rings (SSSR count). The molecule has 1 aliphatic rings. The highest BCUT2D eigenvalue weighted by molar-refractivity contribution is 6.23. The maximum absolute atomic E-state index is 7.57. The lowest BCUT2D eigenvalue weighted by molar-refractivity contribution is 0.660. The Bertz CT molecular complexity index is 3160. The summed E-state index contributed by atoms with van der Waals surface area (Å²) < 4.78 is 2.52. The molecule has 0 saturated heterocycles. The highest BCUT2D eigenvalue weighted by Gasteiger charge is 2.37. The van der Waals surface area contributed by atoms with E-state index in [0.29, 0.717) is 5.69 Å². The Morgan fingerprint density at radius 3 is 1.58 bits per heavy atom. The van der Waals surface area contributed by atoms with Gasteiger partial charge < -0.3 is 9.47 Å². The first kappa shape index (κ1) is 33.0. The Morgan fingerprint density at radius 1 is 0.456 bits per heavy atom. The van der Waals surface area contributed by atoms with E-state index < -0.39 is 0 Å². The van der Waals surface area contributed by atoms with Gasteiger partial charge in [0.15, 0.2) is 5.69 Å². The lowest BCUT2D eigenvalue weighted by Gasteiger charge is -2.28. The zero-order chi connectivity index (χ0) is 38.3. The van der Waals surface area contributed by atoms with Crippen LogP contribution in [-0.4, -0.2) is 4.57 Å². The molecule has 0 N–H and O–H groups in total. The lowest BCUT2D eigenvalue weighted by Crippen LogP contribution is -2.17. The molecular formula is C54H37N3. The molecule has 268 valence electrons. The highest BCUT2D eigenvalue weighted by Crippen LogP contribution is 2.52. The third-order valence-electron chi connectivity index (χ3n) is 12.2. The van der Waals surface area contributed by atoms with Crippen LogP contribution < -0.4 is 4.90 Å². The van der Waals surface area contributed by atoms with Gasteiger partial charge in [-0.3, -0.25) is 0 Å². The van der Waals surface area contributed by atoms with Crippen molar-refractivity contribution in [3.05, 3.63) is 211 Å². The fraction of sp³-hybridized carbons (Fsp3) is 0.0556. The predicted octanol–water partition coefficient (Wildman–Crippen LogP) is 15.1. The molecule has 1 aromatic heterocycles. The second-order valence-electron chi connectivity index (χ2n) is 15.7. The van der Waals surface area contributed by atoms with Crippen molar-refractivity contribution in [3.8, 4) is 27.9 Å². The number of nitrogens with zero attached hydrogens (tertiary/aromatic N) is 3. The van der Waals surface area contributed by atoms with Crippen molar-refractivity contribution >= 4 is 66.1 Å². The molecule has 1 heterocycles. The van der Waals surface area contributed by atoms with Gasteiger partial charge in [0.25, 0.3) is 0 Å². The van der Waals surface area contributed by atoms with Gasteiger partial charge in [0, 0.05) is 49.7 Å². The zero-order valence-electron chi connectivity index (χ0n) is 31.7. The molecular weight excluding hydrogens is 691 g/mol. The molecule has 0 amide bonds. The van der Waals surface area contributed by atoms with Crippen LogP contribution in [0.5, 0.6) is 0 Å². The highest BCUT2D eigenvalue weighted by atomic mass is 15.1. The van der Waals surface area contributed by atoms with Gasteiger partial charge in [-0.2, -0.15) is 0 Å². The van der Waals surface area contributed by atoms with E-state index in [1.165, 1.54) is 82.4 Å². The molecule has 0 aliphatic heterocycles. The summed E-state index contributed by atoms with van der Waals surface area (Å²) in [5.41, 5.74) is 14.7. The van der Waals surface area contributed by atoms with Crippen molar-refractivity contribution < 1.29 is 0 Å². The summed E-state index contributed by atoms with van der Waals surface area (Å²) in [6.45, 7) is 12.3. The molecule has 57 heavy (non-hydrogen) atoms. The molecule has 0 atom stereocenters. The summed E-state index contributed by atoms with van der Waals surface area (Å²) in [6.07, 6.45) is 0. The van der Waals surface area contributed by atoms with Crippen LogP contribution in [0.15, 0.2) is 188 Å². The largest absolute Gasteiger partial charge is 0.311 e. The fourth-order valence-corrected chi connectivity index (χ4v) is 9.35. The van der Waals surface area contributed by atoms with Crippen LogP contribution in [0.2, 0.25) is 0 Å². The Balaban J connectivity index is 1.07. The Morgan fingerprint density at radius 2 is 0.965 bits per heavy atom. The molecule has 0 radical (unpaired) electrons. The average Bonchev–Trinajstić information content (AvgIpc) is 3.73. The van der Waals surface area contributed by atoms with Gasteiger partial charge in [0.05, 0.1) is 17.6 Å². The van der Waals surface area contributed by atoms with Gasteiger partial charge in [-0.25, -0.2) is 4.85 Å². The van der Waals surface area contributed by atoms with E-state index in [1.807, 2.05) is 12.1 Å². The quantitative estimate of drug-likeness (QED) is 0.161. The van der Waals surface area contributed by atoms with Gasteiger partial charge in [-0.15, -0.1) is 0 Å². The molecule has 0 saturated carbocycles. The molecule has 0 spiro atoms. The van der Waals surface area contributed by atoms with E-state index in [2.05, 4.69) is 204 Å². The van der Waals surface area contributed by atoms with E-state index in [4.69, 9.17) is 6.57 Å². The summed E-state index contributed by atoms with van der Waals surface area (Å²) in [5.74, 6) is 0. The zero-order valence-corrected chi connectivity index (χ0v) is 31.7. The number of hydrogen-bond acceptors (Lipinski definition) is 1. The molecule has 10 aromatic rings. The second kappa shape index (κ2) is 12.6. The molecule has 0 unspecified atom stereocenters. The van der Waals surface area contributed by atoms with E-state index in [9.17, 15) is 0 Å². The average molecular weight is 728 g/mol. The minimum Gasteiger partial charge on any atom is -0.311 e. The van der Waals surface area contributed by atoms with Gasteiger partial charge in [0.2, 0.25) is 0 Å². The van der Waals surface area contributed by atoms with E-state index in [1.54, 1.807) is 0 Å². The van der Waals surface area contributed by atoms with Gasteiger partial charge in [-0.1, -0.05) is 153 Å². The van der Waals surface area contributed by atoms with Crippen molar-refractivity contribution in [2.75, 3.05) is 4.90 Å². The van der Waals surface area contributed by atoms with Crippen LogP contribution in [0.4, 0.5) is 22.7 Å². The normalized spacial score (nSPS) is 12.9. The summed E-state index contributed by atoms with van der Waals surface area (Å²) in [5, 5.41) is 7.52. The number of fused-ring (bicyclic) bond motifs is 10. The van der Waals surface area contributed by atoms with Crippen molar-refractivity contribution in [2.45, 2.75) is 19.3 Å². The maximum Gasteiger partial charge on any atom is 0.187 e. The number of hydrogen-bond donors (Lipinski definition) is 0. The smallest absolute Gasteiger partial charge is 0.187 e. The molecule has 9 aromatic carbocycles. The lowest BCUT2D eigenvalue weighted by atomic mass is 9.82. The monoisotopic (exact) mass is 727 g/mol. The minimum absolute atomic E-state index is 0.267. The first-order valence-corrected chi connectivity index (χ1v) is 19.5. The predicted molar refractivity (Wildman–Crippen MR) is 240 cm³/mol. The van der Waals surface area contributed by atoms with Crippen LogP contribution in [-0.2, 0) is 5.41 Å². The standard InChI is InChI=1S/C54H37N3/c1-54(2)50-33-42(56(41-25-21-39(55-3)22-26-41)40-23-17-36(18-24-40)35-11-5-4-6-12-35)27-31-46(50)47-32-28-43(34-51(47)54)57-52-44-15-9-7-13-37(44)19-29-48(52)49-30-20-38-14-8-10-16-45(38)53(49)57/h4-34H,1-2H3. The van der Waals surface area contributed by atoms with Crippen LogP contribution in [0.25, 0.3) is 76.1 Å². The van der Waals surface area contributed by atoms with Gasteiger partial charge >= 0.3 is 0 Å². The van der Waals surface area contributed by atoms with Crippen molar-refractivity contribution in [1.29, 1.82) is 0 Å². The first-order valence-electron chi connectivity index (χ1n) is 19.5. The SMILES string of the molecule is [C-]#[N+]c1ccc(N(c2ccc(-c3ccccc3)cc2)c2ccc3c(c2)C(C)(C)c2cc(-n4c5c6ccccc6ccc5c5ccc6ccccc6c54)ccc2-3)cc1. The Hall–Kier alpha value is -7.41. The fourth-order valence-electron chi connectivity index (χ4n) is 9.35. The van der Waals surface area contributed by atoms with Crippen LogP contribution >= 0.6 is 0 Å². The Kier molecular flexibility index (Phi) is 7.27. The maximum atomic E-state index is 7.57. The van der Waals surface area contributed by atoms with Crippen LogP contribution in [0.1, 0.15) is 25.0 Å². The third kappa shape index (κ3) is 5.04. The van der Waals surface area contributed by atoms with Gasteiger partial charge in [-0.05, 0) is 92.7 Å². The summed E-state index contributed by atoms with van der Waals surface area (Å²) >= 11 is 0. The van der Waals surface area contributed by atoms with E-state index >= 15 is 0 Å². The minimum atomic E-state index is -0.267. The van der Waals surface area contributed by atoms with E-state index in [0.717, 1.165) is 17.1 Å². The number of aromatic nitrogens is 1. The summed E-state index contributed by atoms with van der Waals surface area (Å²) in [6, 6.07) is 67.9. The second-order valence-corrected chi connectivity index (χ2v) is 15.7. The Labute approximate surface area is 332 Å². The van der Waals surface area contributed by atoms with Crippen LogP contribution in [0.3, 0.4) is 0 Å². The molecule has 3 nitrogen and oxygen atoms in total. The molecule has 0 bridgehead atoms. The number of anilines is 3. The topological polar surface area (TPSA) is 12.5 Å². The number of rotatable bonds is 5. The van der Waals surface area contributed by atoms with Crippen molar-refractivity contribution in [3.63, 3.8) is 0 Å². The third-order valence-corrected chi connectivity index (χ3v) is 12.2. The van der Waals surface area contributed by atoms with Crippen molar-refractivity contribution in [1.82, 2.24) is 4.57 Å². The summed E-state index contributed by atoms with van der Waals surface area (Å²) in [4.78, 5) is 5.98. The molecule has 1 aliphatic carbocycles. The van der Waals surface area contributed by atoms with Crippen LogP contribution in [0, 0.1) is 6.57 Å². The first-order chi connectivity index (χ1) is 28.0. The molecule has 3 heteroatoms. The number of benzene rings is 9. The van der Waals surface area contributed by atoms with Gasteiger partial charge in [0.1, 0.15) is 0 Å². The van der Waals surface area contributed by atoms with Crippen molar-refractivity contribution in [2.24, 2.45) is 0 Å². The van der Waals surface area contributed by atoms with E-state index in [-0.39, 0.29) is 5.41 Å². The summed E-state index contributed by atoms with van der Waals surface area (Å²) in [7, 11) is 0.